The fraction of sp³-hybridized carbons (Fsp3) is 0.650. The van der Waals surface area contributed by atoms with Crippen LogP contribution in [-0.2, 0) is 4.79 Å². The van der Waals surface area contributed by atoms with E-state index in [1.807, 2.05) is 11.0 Å². The van der Waals surface area contributed by atoms with Gasteiger partial charge in [0.1, 0.15) is 12.4 Å². The van der Waals surface area contributed by atoms with Gasteiger partial charge in [0.25, 0.3) is 0 Å². The lowest BCUT2D eigenvalue weighted by Gasteiger charge is -2.38. The van der Waals surface area contributed by atoms with Crippen molar-refractivity contribution in [3.05, 3.63) is 23.8 Å². The largest absolute Gasteiger partial charge is 0.490 e. The highest BCUT2D eigenvalue weighted by Gasteiger charge is 2.27. The second-order valence-corrected chi connectivity index (χ2v) is 7.68. The minimum atomic E-state index is 0.184. The molecule has 0 spiro atoms. The number of amides is 1. The van der Waals surface area contributed by atoms with Gasteiger partial charge in [-0.15, -0.1) is 0 Å². The third kappa shape index (κ3) is 4.15. The van der Waals surface area contributed by atoms with Crippen LogP contribution in [0.1, 0.15) is 39.2 Å². The van der Waals surface area contributed by atoms with Gasteiger partial charge in [-0.3, -0.25) is 14.6 Å². The number of hydrogen-bond donors (Lipinski definition) is 0. The molecule has 2 heterocycles. The Labute approximate surface area is 151 Å². The van der Waals surface area contributed by atoms with Crippen molar-refractivity contribution in [2.75, 3.05) is 50.8 Å². The van der Waals surface area contributed by atoms with Gasteiger partial charge in [-0.2, -0.15) is 0 Å². The zero-order valence-electron chi connectivity index (χ0n) is 16.0. The van der Waals surface area contributed by atoms with Crippen LogP contribution in [0.25, 0.3) is 0 Å². The molecule has 5 heteroatoms. The number of benzene rings is 1. The number of anilines is 1. The van der Waals surface area contributed by atoms with E-state index in [0.717, 1.165) is 37.6 Å². The smallest absolute Gasteiger partial charge is 0.241 e. The number of nitrogens with zero attached hydrogens (tertiary/aromatic N) is 3. The molecule has 1 fully saturated rings. The molecular formula is C20H31N3O2. The Morgan fingerprint density at radius 2 is 1.80 bits per heavy atom. The molecule has 3 rings (SSSR count). The maximum absolute atomic E-state index is 12.9. The van der Waals surface area contributed by atoms with Crippen molar-refractivity contribution in [3.63, 3.8) is 0 Å². The zero-order chi connectivity index (χ0) is 18.0. The van der Waals surface area contributed by atoms with Gasteiger partial charge >= 0.3 is 0 Å². The van der Waals surface area contributed by atoms with Gasteiger partial charge < -0.3 is 9.64 Å². The molecule has 2 aliphatic rings. The number of piperazine rings is 1. The summed E-state index contributed by atoms with van der Waals surface area (Å²) in [6.07, 6.45) is 0. The standard InChI is InChI=1S/C20H31N3O2/c1-15(2)17-5-6-19-18(13-17)23(11-12-25-19)20(24)14-21-7-9-22(10-8-21)16(3)4/h5-6,13,15-16H,7-12,14H2,1-4H3. The monoisotopic (exact) mass is 345 g/mol. The predicted octanol–water partition coefficient (Wildman–Crippen LogP) is 2.56. The average molecular weight is 345 g/mol. The van der Waals surface area contributed by atoms with E-state index in [4.69, 9.17) is 4.74 Å². The molecule has 138 valence electrons. The molecule has 0 radical (unpaired) electrons. The van der Waals surface area contributed by atoms with Gasteiger partial charge in [-0.1, -0.05) is 19.9 Å². The Morgan fingerprint density at radius 1 is 1.08 bits per heavy atom. The Bertz CT molecular complexity index is 607. The number of rotatable bonds is 4. The molecule has 2 aliphatic heterocycles. The molecule has 0 atom stereocenters. The van der Waals surface area contributed by atoms with E-state index in [1.54, 1.807) is 0 Å². The van der Waals surface area contributed by atoms with E-state index in [2.05, 4.69) is 49.6 Å². The minimum Gasteiger partial charge on any atom is -0.490 e. The van der Waals surface area contributed by atoms with Crippen LogP contribution >= 0.6 is 0 Å². The molecule has 1 aromatic rings. The first-order valence-electron chi connectivity index (χ1n) is 9.49. The molecule has 0 aliphatic carbocycles. The molecular weight excluding hydrogens is 314 g/mol. The third-order valence-corrected chi connectivity index (χ3v) is 5.31. The van der Waals surface area contributed by atoms with Gasteiger partial charge in [0.2, 0.25) is 5.91 Å². The molecule has 0 saturated carbocycles. The van der Waals surface area contributed by atoms with Crippen LogP contribution in [0.3, 0.4) is 0 Å². The second-order valence-electron chi connectivity index (χ2n) is 7.68. The normalized spacial score (nSPS) is 19.2. The number of hydrogen-bond acceptors (Lipinski definition) is 4. The first kappa shape index (κ1) is 18.2. The Kier molecular flexibility index (Phi) is 5.64. The topological polar surface area (TPSA) is 36.0 Å². The van der Waals surface area contributed by atoms with Crippen molar-refractivity contribution in [3.8, 4) is 5.75 Å². The summed E-state index contributed by atoms with van der Waals surface area (Å²) in [6.45, 7) is 14.5. The van der Waals surface area contributed by atoms with Crippen LogP contribution in [-0.4, -0.2) is 67.6 Å². The van der Waals surface area contributed by atoms with Crippen LogP contribution in [0.2, 0.25) is 0 Å². The summed E-state index contributed by atoms with van der Waals surface area (Å²) in [6, 6.07) is 6.81. The van der Waals surface area contributed by atoms with Gasteiger partial charge in [0, 0.05) is 32.2 Å². The molecule has 1 amide bonds. The maximum Gasteiger partial charge on any atom is 0.241 e. The quantitative estimate of drug-likeness (QED) is 0.840. The van der Waals surface area contributed by atoms with E-state index >= 15 is 0 Å². The molecule has 1 aromatic carbocycles. The summed E-state index contributed by atoms with van der Waals surface area (Å²) in [5.41, 5.74) is 2.18. The van der Waals surface area contributed by atoms with E-state index < -0.39 is 0 Å². The van der Waals surface area contributed by atoms with Crippen LogP contribution < -0.4 is 9.64 Å². The lowest BCUT2D eigenvalue weighted by Crippen LogP contribution is -2.52. The van der Waals surface area contributed by atoms with Crippen molar-refractivity contribution in [1.82, 2.24) is 9.80 Å². The lowest BCUT2D eigenvalue weighted by molar-refractivity contribution is -0.120. The molecule has 1 saturated heterocycles. The summed E-state index contributed by atoms with van der Waals surface area (Å²) in [5, 5.41) is 0. The van der Waals surface area contributed by atoms with Gasteiger partial charge in [-0.25, -0.2) is 0 Å². The summed E-state index contributed by atoms with van der Waals surface area (Å²) in [4.78, 5) is 19.6. The van der Waals surface area contributed by atoms with Crippen LogP contribution in [0.4, 0.5) is 5.69 Å². The Balaban J connectivity index is 1.67. The predicted molar refractivity (Wildman–Crippen MR) is 102 cm³/mol. The van der Waals surface area contributed by atoms with Crippen molar-refractivity contribution < 1.29 is 9.53 Å². The third-order valence-electron chi connectivity index (χ3n) is 5.31. The van der Waals surface area contributed by atoms with Crippen LogP contribution in [0.5, 0.6) is 5.75 Å². The SMILES string of the molecule is CC(C)c1ccc2c(c1)N(C(=O)CN1CCN(C(C)C)CC1)CCO2. The number of carbonyl (C=O) groups excluding carboxylic acids is 1. The molecule has 0 aromatic heterocycles. The number of carbonyl (C=O) groups is 1. The van der Waals surface area contributed by atoms with Gasteiger partial charge in [-0.05, 0) is 37.5 Å². The number of ether oxygens (including phenoxy) is 1. The maximum atomic E-state index is 12.9. The van der Waals surface area contributed by atoms with Crippen LogP contribution in [0, 0.1) is 0 Å². The zero-order valence-corrected chi connectivity index (χ0v) is 16.0. The lowest BCUT2D eigenvalue weighted by atomic mass is 10.0. The van der Waals surface area contributed by atoms with Crippen molar-refractivity contribution in [2.45, 2.75) is 39.7 Å². The van der Waals surface area contributed by atoms with Crippen LogP contribution in [0.15, 0.2) is 18.2 Å². The first-order chi connectivity index (χ1) is 12.0. The van der Waals surface area contributed by atoms with E-state index in [1.165, 1.54) is 5.56 Å². The summed E-state index contributed by atoms with van der Waals surface area (Å²) < 4.78 is 5.75. The Hall–Kier alpha value is -1.59. The summed E-state index contributed by atoms with van der Waals surface area (Å²) >= 11 is 0. The fourth-order valence-corrected chi connectivity index (χ4v) is 3.57. The molecule has 25 heavy (non-hydrogen) atoms. The van der Waals surface area contributed by atoms with Crippen molar-refractivity contribution in [1.29, 1.82) is 0 Å². The van der Waals surface area contributed by atoms with Gasteiger partial charge in [0.05, 0.1) is 18.8 Å². The Morgan fingerprint density at radius 3 is 2.44 bits per heavy atom. The minimum absolute atomic E-state index is 0.184. The van der Waals surface area contributed by atoms with Crippen molar-refractivity contribution in [2.24, 2.45) is 0 Å². The molecule has 0 bridgehead atoms. The van der Waals surface area contributed by atoms with Gasteiger partial charge in [0.15, 0.2) is 0 Å². The van der Waals surface area contributed by atoms with E-state index in [9.17, 15) is 4.79 Å². The fourth-order valence-electron chi connectivity index (χ4n) is 3.57. The molecule has 0 unspecified atom stereocenters. The highest BCUT2D eigenvalue weighted by atomic mass is 16.5. The van der Waals surface area contributed by atoms with Crippen molar-refractivity contribution >= 4 is 11.6 Å². The summed E-state index contributed by atoms with van der Waals surface area (Å²) in [7, 11) is 0. The summed E-state index contributed by atoms with van der Waals surface area (Å²) in [5.74, 6) is 1.45. The molecule has 5 nitrogen and oxygen atoms in total. The average Bonchev–Trinajstić information content (AvgIpc) is 2.61. The number of fused-ring (bicyclic) bond motifs is 1. The first-order valence-corrected chi connectivity index (χ1v) is 9.49. The van der Waals surface area contributed by atoms with E-state index in [-0.39, 0.29) is 5.91 Å². The highest BCUT2D eigenvalue weighted by molar-refractivity contribution is 5.96. The van der Waals surface area contributed by atoms with E-state index in [0.29, 0.717) is 31.7 Å². The molecule has 0 N–H and O–H groups in total. The second kappa shape index (κ2) is 7.75. The highest BCUT2D eigenvalue weighted by Crippen LogP contribution is 2.34.